The summed E-state index contributed by atoms with van der Waals surface area (Å²) in [6, 6.07) is 0. The first kappa shape index (κ1) is 17.2. The fourth-order valence-corrected chi connectivity index (χ4v) is 1.64. The van der Waals surface area contributed by atoms with Crippen molar-refractivity contribution < 1.29 is 14.3 Å². The van der Waals surface area contributed by atoms with Gasteiger partial charge in [-0.15, -0.1) is 0 Å². The molecule has 21 heavy (non-hydrogen) atoms. The van der Waals surface area contributed by atoms with Crippen molar-refractivity contribution in [3.05, 3.63) is 23.2 Å². The van der Waals surface area contributed by atoms with Gasteiger partial charge in [0.25, 0.3) is 0 Å². The topological polar surface area (TPSA) is 81.5 Å². The van der Waals surface area contributed by atoms with Gasteiger partial charge < -0.3 is 4.74 Å². The van der Waals surface area contributed by atoms with Crippen molar-refractivity contribution in [1.82, 2.24) is 9.97 Å². The lowest BCUT2D eigenvalue weighted by Crippen LogP contribution is -2.37. The summed E-state index contributed by atoms with van der Waals surface area (Å²) in [5.74, 6) is -2.31. The highest BCUT2D eigenvalue weighted by molar-refractivity contribution is 6.29. The molecule has 1 aromatic rings. The zero-order valence-electron chi connectivity index (χ0n) is 12.7. The Morgan fingerprint density at radius 2 is 1.90 bits per heavy atom. The minimum absolute atomic E-state index is 0.0401. The van der Waals surface area contributed by atoms with Crippen LogP contribution in [0, 0.1) is 5.92 Å². The molecule has 0 aliphatic carbocycles. The van der Waals surface area contributed by atoms with Gasteiger partial charge in [0, 0.05) is 12.8 Å². The average molecular weight is 312 g/mol. The van der Waals surface area contributed by atoms with E-state index in [4.69, 9.17) is 16.3 Å². The van der Waals surface area contributed by atoms with Crippen LogP contribution >= 0.6 is 11.6 Å². The van der Waals surface area contributed by atoms with Crippen LogP contribution in [0.15, 0.2) is 17.4 Å². The van der Waals surface area contributed by atoms with E-state index in [-0.39, 0.29) is 10.8 Å². The van der Waals surface area contributed by atoms with Gasteiger partial charge in [-0.25, -0.2) is 9.97 Å². The van der Waals surface area contributed by atoms with Gasteiger partial charge in [-0.05, 0) is 27.7 Å². The number of hydrogen-bond donors (Lipinski definition) is 0. The van der Waals surface area contributed by atoms with E-state index in [2.05, 4.69) is 15.0 Å². The van der Waals surface area contributed by atoms with Gasteiger partial charge in [-0.2, -0.15) is 0 Å². The van der Waals surface area contributed by atoms with E-state index >= 15 is 0 Å². The quantitative estimate of drug-likeness (QED) is 0.369. The molecular weight excluding hydrogens is 294 g/mol. The van der Waals surface area contributed by atoms with E-state index < -0.39 is 23.3 Å². The normalized spacial score (nSPS) is 13.7. The van der Waals surface area contributed by atoms with E-state index in [0.29, 0.717) is 5.71 Å². The molecule has 6 nitrogen and oxygen atoms in total. The summed E-state index contributed by atoms with van der Waals surface area (Å²) in [5.41, 5.74) is -0.306. The smallest absolute Gasteiger partial charge is 0.323 e. The molecule has 1 atom stereocenters. The summed E-state index contributed by atoms with van der Waals surface area (Å²) < 4.78 is 5.27. The van der Waals surface area contributed by atoms with Crippen molar-refractivity contribution in [2.24, 2.45) is 10.9 Å². The summed E-state index contributed by atoms with van der Waals surface area (Å²) in [5, 5.41) is 0.168. The number of hydrogen-bond acceptors (Lipinski definition) is 6. The van der Waals surface area contributed by atoms with Gasteiger partial charge in [0.1, 0.15) is 16.4 Å². The number of aliphatic imine (C=N–C) groups is 1. The van der Waals surface area contributed by atoms with Gasteiger partial charge in [0.2, 0.25) is 5.78 Å². The van der Waals surface area contributed by atoms with Crippen molar-refractivity contribution in [3.8, 4) is 0 Å². The van der Waals surface area contributed by atoms with Gasteiger partial charge in [0.15, 0.2) is 5.92 Å². The molecule has 0 aliphatic rings. The maximum absolute atomic E-state index is 12.5. The fraction of sp³-hybridized carbons (Fsp3) is 0.500. The maximum atomic E-state index is 12.5. The first-order valence-corrected chi connectivity index (χ1v) is 6.71. The molecule has 0 N–H and O–H groups in total. The minimum Gasteiger partial charge on any atom is -0.459 e. The largest absolute Gasteiger partial charge is 0.459 e. The molecule has 0 spiro atoms. The van der Waals surface area contributed by atoms with E-state index in [1.807, 2.05) is 0 Å². The molecular formula is C14H18ClN3O3. The molecule has 1 aromatic heterocycles. The van der Waals surface area contributed by atoms with Crippen LogP contribution in [0.2, 0.25) is 5.15 Å². The Labute approximate surface area is 128 Å². The Kier molecular flexibility index (Phi) is 5.54. The van der Waals surface area contributed by atoms with Crippen LogP contribution in [-0.4, -0.2) is 40.1 Å². The summed E-state index contributed by atoms with van der Waals surface area (Å²) in [4.78, 5) is 36.3. The number of aromatic nitrogens is 2. The Balaban J connectivity index is 3.11. The highest BCUT2D eigenvalue weighted by Crippen LogP contribution is 2.16. The third kappa shape index (κ3) is 4.90. The number of halogens is 1. The first-order chi connectivity index (χ1) is 9.65. The first-order valence-electron chi connectivity index (χ1n) is 6.33. The number of esters is 1. The van der Waals surface area contributed by atoms with Gasteiger partial charge in [0.05, 0.1) is 12.4 Å². The maximum Gasteiger partial charge on any atom is 0.323 e. The molecule has 0 aromatic carbocycles. The molecule has 0 radical (unpaired) electrons. The van der Waals surface area contributed by atoms with Crippen molar-refractivity contribution in [3.63, 3.8) is 0 Å². The van der Waals surface area contributed by atoms with Crippen LogP contribution < -0.4 is 0 Å². The SMILES string of the molecule is CN=C(C)C(C(=O)OC(C)(C)C)C(=O)c1cnc(Cl)cn1. The molecule has 0 fully saturated rings. The number of nitrogens with zero attached hydrogens (tertiary/aromatic N) is 3. The molecule has 1 unspecified atom stereocenters. The van der Waals surface area contributed by atoms with Crippen molar-refractivity contribution in [1.29, 1.82) is 0 Å². The third-order valence-corrected chi connectivity index (χ3v) is 2.74. The van der Waals surface area contributed by atoms with Crippen LogP contribution in [0.1, 0.15) is 38.2 Å². The van der Waals surface area contributed by atoms with Crippen LogP contribution in [0.4, 0.5) is 0 Å². The highest BCUT2D eigenvalue weighted by atomic mass is 35.5. The van der Waals surface area contributed by atoms with Crippen LogP contribution in [0.25, 0.3) is 0 Å². The van der Waals surface area contributed by atoms with Gasteiger partial charge in [-0.1, -0.05) is 11.6 Å². The number of carbonyl (C=O) groups excluding carboxylic acids is 2. The number of ketones is 1. The molecule has 114 valence electrons. The van der Waals surface area contributed by atoms with E-state index in [9.17, 15) is 9.59 Å². The summed E-state index contributed by atoms with van der Waals surface area (Å²) in [6.07, 6.45) is 2.48. The van der Waals surface area contributed by atoms with Gasteiger partial charge in [-0.3, -0.25) is 14.6 Å². The number of carbonyl (C=O) groups is 2. The van der Waals surface area contributed by atoms with Crippen molar-refractivity contribution in [2.45, 2.75) is 33.3 Å². The number of ether oxygens (including phenoxy) is 1. The molecule has 0 saturated carbocycles. The molecule has 0 saturated heterocycles. The average Bonchev–Trinajstić information content (AvgIpc) is 2.37. The molecule has 1 rings (SSSR count). The summed E-state index contributed by atoms with van der Waals surface area (Å²) in [7, 11) is 1.51. The van der Waals surface area contributed by atoms with Crippen molar-refractivity contribution in [2.75, 3.05) is 7.05 Å². The molecule has 0 bridgehead atoms. The highest BCUT2D eigenvalue weighted by Gasteiger charge is 2.34. The van der Waals surface area contributed by atoms with Crippen molar-refractivity contribution >= 4 is 29.1 Å². The lowest BCUT2D eigenvalue weighted by atomic mass is 9.96. The Bertz CT molecular complexity index is 562. The standard InChI is InChI=1S/C14H18ClN3O3/c1-8(16-5)11(13(20)21-14(2,3)4)12(19)9-6-18-10(15)7-17-9/h6-7,11H,1-5H3. The lowest BCUT2D eigenvalue weighted by Gasteiger charge is -2.23. The predicted octanol–water partition coefficient (Wildman–Crippen LogP) is 2.36. The number of Topliss-reactive ketones (excluding diaryl/α,β-unsaturated/α-hetero) is 1. The summed E-state index contributed by atoms with van der Waals surface area (Å²) in [6.45, 7) is 6.78. The van der Waals surface area contributed by atoms with Crippen LogP contribution in [-0.2, 0) is 9.53 Å². The number of rotatable bonds is 4. The minimum atomic E-state index is -1.13. The van der Waals surface area contributed by atoms with Gasteiger partial charge >= 0.3 is 5.97 Å². The third-order valence-electron chi connectivity index (χ3n) is 2.55. The Morgan fingerprint density at radius 1 is 1.29 bits per heavy atom. The predicted molar refractivity (Wildman–Crippen MR) is 79.7 cm³/mol. The van der Waals surface area contributed by atoms with E-state index in [1.54, 1.807) is 27.7 Å². The Hall–Kier alpha value is -1.82. The second-order valence-corrected chi connectivity index (χ2v) is 5.81. The Morgan fingerprint density at radius 3 is 2.33 bits per heavy atom. The zero-order valence-corrected chi connectivity index (χ0v) is 13.4. The fourth-order valence-electron chi connectivity index (χ4n) is 1.54. The van der Waals surface area contributed by atoms with E-state index in [0.717, 1.165) is 0 Å². The second-order valence-electron chi connectivity index (χ2n) is 5.42. The molecule has 7 heteroatoms. The monoisotopic (exact) mass is 311 g/mol. The van der Waals surface area contributed by atoms with Crippen LogP contribution in [0.3, 0.4) is 0 Å². The summed E-state index contributed by atoms with van der Waals surface area (Å²) >= 11 is 5.64. The molecule has 0 aliphatic heterocycles. The molecule has 1 heterocycles. The molecule has 0 amide bonds. The lowest BCUT2D eigenvalue weighted by molar-refractivity contribution is -0.155. The van der Waals surface area contributed by atoms with E-state index in [1.165, 1.54) is 19.4 Å². The zero-order chi connectivity index (χ0) is 16.2. The van der Waals surface area contributed by atoms with Crippen LogP contribution in [0.5, 0.6) is 0 Å². The second kappa shape index (κ2) is 6.76.